The molecule has 0 amide bonds. The summed E-state index contributed by atoms with van der Waals surface area (Å²) in [4.78, 5) is 8.50. The van der Waals surface area contributed by atoms with Crippen molar-refractivity contribution in [2.45, 2.75) is 20.1 Å². The SMILES string of the molecule is CCOC(OCC)c1cn2cccnc2n1. The first kappa shape index (κ1) is 11.0. The zero-order valence-corrected chi connectivity index (χ0v) is 9.46. The van der Waals surface area contributed by atoms with Crippen LogP contribution in [0.3, 0.4) is 0 Å². The molecule has 0 spiro atoms. The average molecular weight is 221 g/mol. The Morgan fingerprint density at radius 1 is 1.31 bits per heavy atom. The molecule has 86 valence electrons. The van der Waals surface area contributed by atoms with E-state index in [1.165, 1.54) is 0 Å². The van der Waals surface area contributed by atoms with Crippen molar-refractivity contribution < 1.29 is 9.47 Å². The summed E-state index contributed by atoms with van der Waals surface area (Å²) >= 11 is 0. The number of hydrogen-bond acceptors (Lipinski definition) is 4. The van der Waals surface area contributed by atoms with Crippen molar-refractivity contribution in [3.05, 3.63) is 30.4 Å². The minimum Gasteiger partial charge on any atom is -0.347 e. The molecule has 0 aliphatic heterocycles. The van der Waals surface area contributed by atoms with Crippen molar-refractivity contribution in [3.63, 3.8) is 0 Å². The Kier molecular flexibility index (Phi) is 3.48. The predicted octanol–water partition coefficient (Wildman–Crippen LogP) is 1.80. The second-order valence-corrected chi connectivity index (χ2v) is 3.24. The van der Waals surface area contributed by atoms with E-state index in [-0.39, 0.29) is 0 Å². The maximum Gasteiger partial charge on any atom is 0.234 e. The number of fused-ring (bicyclic) bond motifs is 1. The van der Waals surface area contributed by atoms with Crippen LogP contribution in [0.2, 0.25) is 0 Å². The Labute approximate surface area is 94.0 Å². The highest BCUT2D eigenvalue weighted by molar-refractivity contribution is 5.29. The van der Waals surface area contributed by atoms with Gasteiger partial charge in [0.05, 0.1) is 0 Å². The second-order valence-electron chi connectivity index (χ2n) is 3.24. The molecule has 0 aliphatic carbocycles. The quantitative estimate of drug-likeness (QED) is 0.722. The molecule has 0 unspecified atom stereocenters. The first-order chi connectivity index (χ1) is 7.85. The van der Waals surface area contributed by atoms with Crippen LogP contribution in [-0.2, 0) is 9.47 Å². The van der Waals surface area contributed by atoms with Crippen LogP contribution < -0.4 is 0 Å². The van der Waals surface area contributed by atoms with Crippen molar-refractivity contribution in [3.8, 4) is 0 Å². The van der Waals surface area contributed by atoms with E-state index in [9.17, 15) is 0 Å². The molecular formula is C11H15N3O2. The van der Waals surface area contributed by atoms with Crippen LogP contribution in [0.25, 0.3) is 5.78 Å². The van der Waals surface area contributed by atoms with E-state index in [1.807, 2.05) is 36.7 Å². The molecule has 0 bridgehead atoms. The van der Waals surface area contributed by atoms with Gasteiger partial charge in [-0.1, -0.05) is 0 Å². The Bertz CT molecular complexity index is 416. The summed E-state index contributed by atoms with van der Waals surface area (Å²) < 4.78 is 12.8. The van der Waals surface area contributed by atoms with Gasteiger partial charge in [-0.25, -0.2) is 9.97 Å². The lowest BCUT2D eigenvalue weighted by Crippen LogP contribution is -2.09. The molecule has 0 N–H and O–H groups in total. The summed E-state index contributed by atoms with van der Waals surface area (Å²) in [5.41, 5.74) is 0.752. The molecule has 0 aliphatic rings. The molecule has 16 heavy (non-hydrogen) atoms. The number of ether oxygens (including phenoxy) is 2. The van der Waals surface area contributed by atoms with Gasteiger partial charge in [-0.15, -0.1) is 0 Å². The second kappa shape index (κ2) is 5.05. The van der Waals surface area contributed by atoms with E-state index in [4.69, 9.17) is 9.47 Å². The van der Waals surface area contributed by atoms with Crippen LogP contribution in [-0.4, -0.2) is 27.6 Å². The van der Waals surface area contributed by atoms with Crippen molar-refractivity contribution in [2.24, 2.45) is 0 Å². The largest absolute Gasteiger partial charge is 0.347 e. The summed E-state index contributed by atoms with van der Waals surface area (Å²) in [5.74, 6) is 0.655. The van der Waals surface area contributed by atoms with Crippen LogP contribution in [0.15, 0.2) is 24.7 Å². The van der Waals surface area contributed by atoms with Crippen LogP contribution >= 0.6 is 0 Å². The first-order valence-corrected chi connectivity index (χ1v) is 5.38. The smallest absolute Gasteiger partial charge is 0.234 e. The molecule has 0 atom stereocenters. The summed E-state index contributed by atoms with van der Waals surface area (Å²) in [7, 11) is 0. The maximum atomic E-state index is 5.47. The van der Waals surface area contributed by atoms with Crippen LogP contribution in [0.5, 0.6) is 0 Å². The van der Waals surface area contributed by atoms with E-state index < -0.39 is 6.29 Å². The van der Waals surface area contributed by atoms with E-state index >= 15 is 0 Å². The van der Waals surface area contributed by atoms with Gasteiger partial charge in [-0.2, -0.15) is 0 Å². The third kappa shape index (κ3) is 2.20. The summed E-state index contributed by atoms with van der Waals surface area (Å²) in [6.45, 7) is 5.04. The summed E-state index contributed by atoms with van der Waals surface area (Å²) in [6.07, 6.45) is 5.07. The van der Waals surface area contributed by atoms with Crippen LogP contribution in [0, 0.1) is 0 Å². The van der Waals surface area contributed by atoms with Crippen LogP contribution in [0.4, 0.5) is 0 Å². The Balaban J connectivity index is 2.29. The van der Waals surface area contributed by atoms with Crippen molar-refractivity contribution >= 4 is 5.78 Å². The highest BCUT2D eigenvalue weighted by atomic mass is 16.7. The highest BCUT2D eigenvalue weighted by Crippen LogP contribution is 2.17. The van der Waals surface area contributed by atoms with Gasteiger partial charge in [-0.3, -0.25) is 4.40 Å². The summed E-state index contributed by atoms with van der Waals surface area (Å²) in [6, 6.07) is 1.86. The van der Waals surface area contributed by atoms with E-state index in [1.54, 1.807) is 6.20 Å². The molecule has 0 aromatic carbocycles. The third-order valence-corrected chi connectivity index (χ3v) is 2.13. The predicted molar refractivity (Wildman–Crippen MR) is 59.0 cm³/mol. The molecular weight excluding hydrogens is 206 g/mol. The van der Waals surface area contributed by atoms with Crippen molar-refractivity contribution in [2.75, 3.05) is 13.2 Å². The first-order valence-electron chi connectivity index (χ1n) is 5.38. The Morgan fingerprint density at radius 3 is 2.69 bits per heavy atom. The van der Waals surface area contributed by atoms with Crippen molar-refractivity contribution in [1.29, 1.82) is 0 Å². The molecule has 5 heteroatoms. The molecule has 2 aromatic heterocycles. The van der Waals surface area contributed by atoms with Crippen molar-refractivity contribution in [1.82, 2.24) is 14.4 Å². The minimum atomic E-state index is -0.406. The Hall–Kier alpha value is -1.46. The molecule has 2 rings (SSSR count). The zero-order chi connectivity index (χ0) is 11.4. The number of nitrogens with zero attached hydrogens (tertiary/aromatic N) is 3. The topological polar surface area (TPSA) is 48.7 Å². The average Bonchev–Trinajstić information content (AvgIpc) is 2.72. The summed E-state index contributed by atoms with van der Waals surface area (Å²) in [5, 5.41) is 0. The molecule has 0 radical (unpaired) electrons. The minimum absolute atomic E-state index is 0.406. The number of aromatic nitrogens is 3. The standard InChI is InChI=1S/C11H15N3O2/c1-3-15-10(16-4-2)9-8-14-7-5-6-12-11(14)13-9/h5-8,10H,3-4H2,1-2H3. The molecule has 5 nitrogen and oxygen atoms in total. The Morgan fingerprint density at radius 2 is 2.06 bits per heavy atom. The van der Waals surface area contributed by atoms with Gasteiger partial charge in [0, 0.05) is 31.8 Å². The maximum absolute atomic E-state index is 5.47. The van der Waals surface area contributed by atoms with E-state index in [2.05, 4.69) is 9.97 Å². The number of rotatable bonds is 5. The normalized spacial score (nSPS) is 11.4. The molecule has 2 aromatic rings. The molecule has 2 heterocycles. The fraction of sp³-hybridized carbons (Fsp3) is 0.455. The fourth-order valence-electron chi connectivity index (χ4n) is 1.48. The monoisotopic (exact) mass is 221 g/mol. The number of hydrogen-bond donors (Lipinski definition) is 0. The van der Waals surface area contributed by atoms with Gasteiger partial charge in [0.2, 0.25) is 12.1 Å². The zero-order valence-electron chi connectivity index (χ0n) is 9.46. The van der Waals surface area contributed by atoms with Gasteiger partial charge in [0.1, 0.15) is 5.69 Å². The number of imidazole rings is 1. The van der Waals surface area contributed by atoms with Gasteiger partial charge < -0.3 is 9.47 Å². The van der Waals surface area contributed by atoms with Gasteiger partial charge in [0.15, 0.2) is 0 Å². The lowest BCUT2D eigenvalue weighted by Gasteiger charge is -2.13. The molecule has 0 saturated carbocycles. The van der Waals surface area contributed by atoms with Crippen LogP contribution in [0.1, 0.15) is 25.8 Å². The molecule has 0 saturated heterocycles. The lowest BCUT2D eigenvalue weighted by atomic mass is 10.4. The highest BCUT2D eigenvalue weighted by Gasteiger charge is 2.15. The van der Waals surface area contributed by atoms with Gasteiger partial charge in [0.25, 0.3) is 0 Å². The van der Waals surface area contributed by atoms with E-state index in [0.29, 0.717) is 19.0 Å². The van der Waals surface area contributed by atoms with E-state index in [0.717, 1.165) is 5.69 Å². The van der Waals surface area contributed by atoms with Gasteiger partial charge >= 0.3 is 0 Å². The van der Waals surface area contributed by atoms with Gasteiger partial charge in [-0.05, 0) is 19.9 Å². The lowest BCUT2D eigenvalue weighted by molar-refractivity contribution is -0.142. The third-order valence-electron chi connectivity index (χ3n) is 2.13. The molecule has 0 fully saturated rings. The fourth-order valence-corrected chi connectivity index (χ4v) is 1.48.